The largest absolute Gasteiger partial charge is 0.370 e. The topological polar surface area (TPSA) is 67.7 Å². The molecular formula is C25H27FN4O3. The minimum absolute atomic E-state index is 0.00563. The van der Waals surface area contributed by atoms with Gasteiger partial charge in [-0.2, -0.15) is 5.10 Å². The number of hydrogen-bond donors (Lipinski definition) is 0. The summed E-state index contributed by atoms with van der Waals surface area (Å²) >= 11 is 0. The number of benzene rings is 2. The summed E-state index contributed by atoms with van der Waals surface area (Å²) in [5, 5.41) is 4.19. The minimum atomic E-state index is -0.365. The third kappa shape index (κ3) is 5.46. The van der Waals surface area contributed by atoms with Gasteiger partial charge in [0, 0.05) is 37.1 Å². The lowest BCUT2D eigenvalue weighted by molar-refractivity contribution is -0.133. The van der Waals surface area contributed by atoms with Gasteiger partial charge in [-0.3, -0.25) is 9.59 Å². The Kier molecular flexibility index (Phi) is 6.84. The first-order valence-corrected chi connectivity index (χ1v) is 11.0. The molecule has 2 amide bonds. The molecule has 1 aromatic heterocycles. The van der Waals surface area contributed by atoms with Crippen LogP contribution < -0.4 is 0 Å². The van der Waals surface area contributed by atoms with Crippen molar-refractivity contribution in [2.75, 3.05) is 19.6 Å². The summed E-state index contributed by atoms with van der Waals surface area (Å²) in [6, 6.07) is 15.0. The summed E-state index contributed by atoms with van der Waals surface area (Å²) in [6.45, 7) is 4.83. The van der Waals surface area contributed by atoms with Gasteiger partial charge in [-0.25, -0.2) is 9.07 Å². The highest BCUT2D eigenvalue weighted by Gasteiger charge is 2.32. The Morgan fingerprint density at radius 3 is 2.48 bits per heavy atom. The molecule has 1 aliphatic rings. The van der Waals surface area contributed by atoms with Crippen LogP contribution in [0.15, 0.2) is 67.0 Å². The van der Waals surface area contributed by atoms with Crippen LogP contribution in [0.5, 0.6) is 0 Å². The van der Waals surface area contributed by atoms with Crippen LogP contribution in [0.2, 0.25) is 0 Å². The van der Waals surface area contributed by atoms with E-state index in [2.05, 4.69) is 5.10 Å². The summed E-state index contributed by atoms with van der Waals surface area (Å²) in [6.07, 6.45) is 3.15. The van der Waals surface area contributed by atoms with Crippen molar-refractivity contribution in [1.29, 1.82) is 0 Å². The van der Waals surface area contributed by atoms with Gasteiger partial charge in [-0.1, -0.05) is 12.1 Å². The van der Waals surface area contributed by atoms with Crippen molar-refractivity contribution in [1.82, 2.24) is 19.6 Å². The molecule has 0 bridgehead atoms. The first kappa shape index (κ1) is 22.7. The lowest BCUT2D eigenvalue weighted by Gasteiger charge is -2.27. The van der Waals surface area contributed by atoms with Gasteiger partial charge in [0.2, 0.25) is 5.91 Å². The van der Waals surface area contributed by atoms with Crippen LogP contribution in [0, 0.1) is 5.82 Å². The molecule has 0 aliphatic carbocycles. The van der Waals surface area contributed by atoms with Crippen LogP contribution in [0.4, 0.5) is 4.39 Å². The predicted molar refractivity (Wildman–Crippen MR) is 121 cm³/mol. The summed E-state index contributed by atoms with van der Waals surface area (Å²) in [5.41, 5.74) is 2.17. The Labute approximate surface area is 192 Å². The maximum absolute atomic E-state index is 13.3. The molecule has 1 atom stereocenters. The normalized spacial score (nSPS) is 16.8. The highest BCUT2D eigenvalue weighted by Crippen LogP contribution is 2.17. The van der Waals surface area contributed by atoms with Crippen molar-refractivity contribution in [2.45, 2.75) is 32.6 Å². The molecule has 2 aromatic carbocycles. The highest BCUT2D eigenvalue weighted by atomic mass is 19.1. The molecule has 0 spiro atoms. The van der Waals surface area contributed by atoms with Crippen molar-refractivity contribution in [3.63, 3.8) is 0 Å². The maximum atomic E-state index is 13.3. The summed E-state index contributed by atoms with van der Waals surface area (Å²) < 4.78 is 21.0. The van der Waals surface area contributed by atoms with E-state index in [1.807, 2.05) is 38.2 Å². The smallest absolute Gasteiger partial charge is 0.254 e. The molecule has 1 fully saturated rings. The fourth-order valence-electron chi connectivity index (χ4n) is 3.86. The number of ether oxygens (including phenoxy) is 1. The van der Waals surface area contributed by atoms with E-state index in [0.29, 0.717) is 12.1 Å². The van der Waals surface area contributed by atoms with E-state index in [4.69, 9.17) is 4.74 Å². The second kappa shape index (κ2) is 9.95. The fourth-order valence-corrected chi connectivity index (χ4v) is 3.86. The van der Waals surface area contributed by atoms with Crippen molar-refractivity contribution < 1.29 is 18.7 Å². The number of hydrogen-bond acceptors (Lipinski definition) is 4. The van der Waals surface area contributed by atoms with Gasteiger partial charge < -0.3 is 14.5 Å². The second-order valence-electron chi connectivity index (χ2n) is 8.38. The van der Waals surface area contributed by atoms with Gasteiger partial charge in [0.05, 0.1) is 18.4 Å². The van der Waals surface area contributed by atoms with Crippen LogP contribution in [0.25, 0.3) is 5.69 Å². The number of amides is 2. The molecule has 0 radical (unpaired) electrons. The zero-order chi connectivity index (χ0) is 23.4. The molecule has 1 aliphatic heterocycles. The zero-order valence-corrected chi connectivity index (χ0v) is 18.7. The summed E-state index contributed by atoms with van der Waals surface area (Å²) in [5.74, 6) is -0.643. The van der Waals surface area contributed by atoms with E-state index >= 15 is 0 Å². The second-order valence-corrected chi connectivity index (χ2v) is 8.38. The Morgan fingerprint density at radius 1 is 1.12 bits per heavy atom. The lowest BCUT2D eigenvalue weighted by Crippen LogP contribution is -2.42. The monoisotopic (exact) mass is 450 g/mol. The van der Waals surface area contributed by atoms with Crippen LogP contribution in [-0.2, 0) is 16.1 Å². The van der Waals surface area contributed by atoms with E-state index in [1.54, 1.807) is 44.9 Å². The molecule has 7 nitrogen and oxygen atoms in total. The maximum Gasteiger partial charge on any atom is 0.254 e. The van der Waals surface area contributed by atoms with Gasteiger partial charge >= 0.3 is 0 Å². The molecule has 33 heavy (non-hydrogen) atoms. The van der Waals surface area contributed by atoms with Crippen LogP contribution in [0.1, 0.15) is 29.8 Å². The van der Waals surface area contributed by atoms with Crippen LogP contribution in [0.3, 0.4) is 0 Å². The van der Waals surface area contributed by atoms with E-state index in [-0.39, 0.29) is 49.5 Å². The molecule has 0 unspecified atom stereocenters. The Hall–Kier alpha value is -3.52. The van der Waals surface area contributed by atoms with E-state index < -0.39 is 0 Å². The zero-order valence-electron chi connectivity index (χ0n) is 18.7. The molecule has 0 saturated carbocycles. The van der Waals surface area contributed by atoms with E-state index in [9.17, 15) is 14.0 Å². The number of nitrogens with zero attached hydrogens (tertiary/aromatic N) is 4. The Balaban J connectivity index is 1.50. The van der Waals surface area contributed by atoms with Crippen molar-refractivity contribution in [2.24, 2.45) is 0 Å². The third-order valence-electron chi connectivity index (χ3n) is 5.66. The third-order valence-corrected chi connectivity index (χ3v) is 5.66. The van der Waals surface area contributed by atoms with Crippen molar-refractivity contribution in [3.8, 4) is 5.69 Å². The first-order chi connectivity index (χ1) is 15.9. The SMILES string of the molecule is CC(C)N1C[C@@H](OCc2ccc(F)cc2)CN(C(=O)c2ccc(-n3cccn3)cc2)CC1=O. The van der Waals surface area contributed by atoms with Gasteiger partial charge in [-0.15, -0.1) is 0 Å². The van der Waals surface area contributed by atoms with Crippen molar-refractivity contribution >= 4 is 11.8 Å². The molecule has 8 heteroatoms. The van der Waals surface area contributed by atoms with Gasteiger partial charge in [0.25, 0.3) is 5.91 Å². The average Bonchev–Trinajstić information content (AvgIpc) is 3.29. The summed E-state index contributed by atoms with van der Waals surface area (Å²) in [4.78, 5) is 29.4. The number of carbonyl (C=O) groups excluding carboxylic acids is 2. The predicted octanol–water partition coefficient (Wildman–Crippen LogP) is 3.29. The quantitative estimate of drug-likeness (QED) is 0.578. The lowest BCUT2D eigenvalue weighted by atomic mass is 10.1. The molecule has 172 valence electrons. The molecule has 1 saturated heterocycles. The fraction of sp³-hybridized carbons (Fsp3) is 0.320. The molecule has 3 aromatic rings. The van der Waals surface area contributed by atoms with Crippen molar-refractivity contribution in [3.05, 3.63) is 83.9 Å². The first-order valence-electron chi connectivity index (χ1n) is 11.0. The van der Waals surface area contributed by atoms with Crippen LogP contribution in [-0.4, -0.2) is 63.2 Å². The standard InChI is InChI=1S/C25H27FN4O3/c1-18(2)29-15-23(33-17-19-4-8-21(26)9-5-19)14-28(16-24(29)31)25(32)20-6-10-22(11-7-20)30-13-3-12-27-30/h3-13,18,23H,14-17H2,1-2H3/t23-/m0/s1. The van der Waals surface area contributed by atoms with Gasteiger partial charge in [0.1, 0.15) is 12.4 Å². The minimum Gasteiger partial charge on any atom is -0.370 e. The molecule has 2 heterocycles. The molecule has 4 rings (SSSR count). The number of rotatable bonds is 6. The Bertz CT molecular complexity index is 1080. The Morgan fingerprint density at radius 2 is 1.85 bits per heavy atom. The average molecular weight is 451 g/mol. The van der Waals surface area contributed by atoms with E-state index in [0.717, 1.165) is 11.3 Å². The summed E-state index contributed by atoms with van der Waals surface area (Å²) in [7, 11) is 0. The number of aromatic nitrogens is 2. The number of carbonyl (C=O) groups is 2. The molecule has 0 N–H and O–H groups in total. The van der Waals surface area contributed by atoms with Gasteiger partial charge in [-0.05, 0) is 61.9 Å². The molecular weight excluding hydrogens is 423 g/mol. The highest BCUT2D eigenvalue weighted by molar-refractivity contribution is 5.97. The van der Waals surface area contributed by atoms with E-state index in [1.165, 1.54) is 12.1 Å². The number of halogens is 1. The van der Waals surface area contributed by atoms with Crippen LogP contribution >= 0.6 is 0 Å². The van der Waals surface area contributed by atoms with Gasteiger partial charge in [0.15, 0.2) is 0 Å².